The Kier molecular flexibility index (Phi) is 6.61. The Morgan fingerprint density at radius 2 is 1.81 bits per heavy atom. The highest BCUT2D eigenvalue weighted by Gasteiger charge is 2.08. The molecule has 0 aromatic rings. The van der Waals surface area contributed by atoms with E-state index in [9.17, 15) is 18.0 Å². The van der Waals surface area contributed by atoms with E-state index in [1.165, 1.54) is 7.05 Å². The second kappa shape index (κ2) is 7.14. The van der Waals surface area contributed by atoms with Crippen LogP contribution >= 0.6 is 0 Å². The van der Waals surface area contributed by atoms with Crippen molar-refractivity contribution < 1.29 is 18.0 Å². The van der Waals surface area contributed by atoms with Gasteiger partial charge in [-0.2, -0.15) is 0 Å². The molecule has 0 spiro atoms. The number of carbonyl (C=O) groups is 2. The molecule has 0 aliphatic rings. The highest BCUT2D eigenvalue weighted by molar-refractivity contribution is 7.89. The predicted molar refractivity (Wildman–Crippen MR) is 57.9 cm³/mol. The van der Waals surface area contributed by atoms with Gasteiger partial charge in [0.25, 0.3) is 0 Å². The summed E-state index contributed by atoms with van der Waals surface area (Å²) in [6.07, 6.45) is 0. The lowest BCUT2D eigenvalue weighted by Gasteiger charge is -2.06. The lowest BCUT2D eigenvalue weighted by atomic mass is 10.5. The van der Waals surface area contributed by atoms with E-state index in [1.807, 2.05) is 0 Å². The van der Waals surface area contributed by atoms with Crippen molar-refractivity contribution in [2.45, 2.75) is 0 Å². The van der Waals surface area contributed by atoms with Gasteiger partial charge in [0.05, 0.1) is 18.8 Å². The first-order valence-corrected chi connectivity index (χ1v) is 6.21. The van der Waals surface area contributed by atoms with Crippen LogP contribution in [0.5, 0.6) is 0 Å². The van der Waals surface area contributed by atoms with Crippen LogP contribution in [0.3, 0.4) is 0 Å². The quantitative estimate of drug-likeness (QED) is 0.377. The molecule has 0 bridgehead atoms. The number of sulfonamides is 1. The van der Waals surface area contributed by atoms with E-state index >= 15 is 0 Å². The summed E-state index contributed by atoms with van der Waals surface area (Å²) >= 11 is 0. The molecule has 0 rings (SSSR count). The third-order valence-corrected chi connectivity index (χ3v) is 3.00. The number of hydrogen-bond donors (Lipinski definition) is 4. The number of nitrogens with one attached hydrogen (secondary N) is 3. The standard InChI is InChI=1S/C7H16N4O4S/c1-9-16(14,15)3-2-10-7(13)5-11-6(12)4-8/h9H,2-5,8H2,1H3,(H,10,13)(H,11,12). The summed E-state index contributed by atoms with van der Waals surface area (Å²) in [5.41, 5.74) is 5.00. The van der Waals surface area contributed by atoms with Crippen molar-refractivity contribution in [1.29, 1.82) is 0 Å². The molecule has 0 saturated carbocycles. The van der Waals surface area contributed by atoms with E-state index in [-0.39, 0.29) is 25.4 Å². The monoisotopic (exact) mass is 252 g/mol. The van der Waals surface area contributed by atoms with Crippen molar-refractivity contribution in [3.63, 3.8) is 0 Å². The van der Waals surface area contributed by atoms with Gasteiger partial charge in [0.15, 0.2) is 0 Å². The van der Waals surface area contributed by atoms with Gasteiger partial charge in [0.1, 0.15) is 0 Å². The van der Waals surface area contributed by atoms with E-state index in [0.717, 1.165) is 0 Å². The Bertz CT molecular complexity index is 340. The van der Waals surface area contributed by atoms with Gasteiger partial charge >= 0.3 is 0 Å². The van der Waals surface area contributed by atoms with Crippen LogP contribution in [0.25, 0.3) is 0 Å². The van der Waals surface area contributed by atoms with Gasteiger partial charge in [-0.1, -0.05) is 0 Å². The zero-order valence-corrected chi connectivity index (χ0v) is 9.76. The van der Waals surface area contributed by atoms with Gasteiger partial charge in [0.2, 0.25) is 21.8 Å². The summed E-state index contributed by atoms with van der Waals surface area (Å²) in [7, 11) is -2.03. The molecule has 0 aromatic carbocycles. The number of hydrogen-bond acceptors (Lipinski definition) is 5. The zero-order chi connectivity index (χ0) is 12.6. The summed E-state index contributed by atoms with van der Waals surface area (Å²) < 4.78 is 24.0. The molecular formula is C7H16N4O4S. The highest BCUT2D eigenvalue weighted by atomic mass is 32.2. The molecule has 94 valence electrons. The maximum Gasteiger partial charge on any atom is 0.239 e. The third-order valence-electron chi connectivity index (χ3n) is 1.64. The SMILES string of the molecule is CNS(=O)(=O)CCNC(=O)CNC(=O)CN. The first-order valence-electron chi connectivity index (χ1n) is 4.56. The fraction of sp³-hybridized carbons (Fsp3) is 0.714. The van der Waals surface area contributed by atoms with E-state index in [2.05, 4.69) is 15.4 Å². The van der Waals surface area contributed by atoms with E-state index in [1.54, 1.807) is 0 Å². The molecule has 0 radical (unpaired) electrons. The lowest BCUT2D eigenvalue weighted by Crippen LogP contribution is -2.41. The van der Waals surface area contributed by atoms with Crippen molar-refractivity contribution in [2.24, 2.45) is 5.73 Å². The zero-order valence-electron chi connectivity index (χ0n) is 8.95. The van der Waals surface area contributed by atoms with Crippen molar-refractivity contribution in [3.8, 4) is 0 Å². The molecule has 16 heavy (non-hydrogen) atoms. The molecule has 2 amide bonds. The molecule has 0 heterocycles. The van der Waals surface area contributed by atoms with Crippen LogP contribution in [0.2, 0.25) is 0 Å². The molecule has 9 heteroatoms. The Balaban J connectivity index is 3.71. The van der Waals surface area contributed by atoms with Crippen LogP contribution in [0, 0.1) is 0 Å². The topological polar surface area (TPSA) is 130 Å². The van der Waals surface area contributed by atoms with Crippen LogP contribution in [0.15, 0.2) is 0 Å². The third kappa shape index (κ3) is 7.15. The second-order valence-electron chi connectivity index (χ2n) is 2.85. The van der Waals surface area contributed by atoms with Gasteiger partial charge in [-0.15, -0.1) is 0 Å². The number of carbonyl (C=O) groups excluding carboxylic acids is 2. The predicted octanol–water partition coefficient (Wildman–Crippen LogP) is -3.27. The van der Waals surface area contributed by atoms with Gasteiger partial charge in [-0.25, -0.2) is 13.1 Å². The number of nitrogens with two attached hydrogens (primary N) is 1. The molecule has 5 N–H and O–H groups in total. The van der Waals surface area contributed by atoms with Crippen LogP contribution < -0.4 is 21.1 Å². The molecule has 0 saturated heterocycles. The Labute approximate surface area is 94.0 Å². The van der Waals surface area contributed by atoms with E-state index in [4.69, 9.17) is 5.73 Å². The molecule has 0 fully saturated rings. The van der Waals surface area contributed by atoms with E-state index in [0.29, 0.717) is 0 Å². The van der Waals surface area contributed by atoms with Crippen molar-refractivity contribution in [3.05, 3.63) is 0 Å². The van der Waals surface area contributed by atoms with Crippen LogP contribution in [-0.4, -0.2) is 52.7 Å². The van der Waals surface area contributed by atoms with Gasteiger partial charge in [-0.05, 0) is 7.05 Å². The van der Waals surface area contributed by atoms with Crippen LogP contribution in [0.1, 0.15) is 0 Å². The number of rotatable bonds is 7. The van der Waals surface area contributed by atoms with Crippen molar-refractivity contribution in [1.82, 2.24) is 15.4 Å². The van der Waals surface area contributed by atoms with Crippen molar-refractivity contribution in [2.75, 3.05) is 32.4 Å². The Hall–Kier alpha value is -1.19. The smallest absolute Gasteiger partial charge is 0.239 e. The fourth-order valence-corrected chi connectivity index (χ4v) is 1.32. The average molecular weight is 252 g/mol. The molecular weight excluding hydrogens is 236 g/mol. The highest BCUT2D eigenvalue weighted by Crippen LogP contribution is 1.79. The minimum absolute atomic E-state index is 0.0134. The Morgan fingerprint density at radius 1 is 1.19 bits per heavy atom. The van der Waals surface area contributed by atoms with Crippen LogP contribution in [-0.2, 0) is 19.6 Å². The molecule has 0 aliphatic heterocycles. The average Bonchev–Trinajstić information content (AvgIpc) is 2.25. The second-order valence-corrected chi connectivity index (χ2v) is 4.90. The summed E-state index contributed by atoms with van der Waals surface area (Å²) in [6, 6.07) is 0. The molecule has 0 atom stereocenters. The molecule has 0 aliphatic carbocycles. The van der Waals surface area contributed by atoms with Gasteiger partial charge < -0.3 is 16.4 Å². The minimum Gasteiger partial charge on any atom is -0.353 e. The van der Waals surface area contributed by atoms with E-state index < -0.39 is 21.8 Å². The van der Waals surface area contributed by atoms with Gasteiger partial charge in [-0.3, -0.25) is 9.59 Å². The Morgan fingerprint density at radius 3 is 2.31 bits per heavy atom. The summed E-state index contributed by atoms with van der Waals surface area (Å²) in [6.45, 7) is -0.419. The molecule has 0 unspecified atom stereocenters. The van der Waals surface area contributed by atoms with Crippen molar-refractivity contribution >= 4 is 21.8 Å². The largest absolute Gasteiger partial charge is 0.353 e. The van der Waals surface area contributed by atoms with Gasteiger partial charge in [0, 0.05) is 6.54 Å². The fourth-order valence-electron chi connectivity index (χ4n) is 0.740. The summed E-state index contributed by atoms with van der Waals surface area (Å²) in [5, 5.41) is 4.59. The normalized spacial score (nSPS) is 10.9. The lowest BCUT2D eigenvalue weighted by molar-refractivity contribution is -0.125. The maximum atomic E-state index is 11.1. The summed E-state index contributed by atoms with van der Waals surface area (Å²) in [5.74, 6) is -1.12. The van der Waals surface area contributed by atoms with Crippen LogP contribution in [0.4, 0.5) is 0 Å². The summed E-state index contributed by atoms with van der Waals surface area (Å²) in [4.78, 5) is 21.7. The maximum absolute atomic E-state index is 11.1. The minimum atomic E-state index is -3.32. The molecule has 0 aromatic heterocycles. The first-order chi connectivity index (χ1) is 7.41. The molecule has 8 nitrogen and oxygen atoms in total. The number of amides is 2. The first kappa shape index (κ1) is 14.8.